The molecule has 0 saturated heterocycles. The van der Waals surface area contributed by atoms with Gasteiger partial charge in [-0.05, 0) is 74.9 Å². The second-order valence-electron chi connectivity index (χ2n) is 8.69. The van der Waals surface area contributed by atoms with E-state index in [2.05, 4.69) is 11.9 Å². The molecule has 0 spiro atoms. The Bertz CT molecular complexity index is 1300. The molecule has 0 fully saturated rings. The van der Waals surface area contributed by atoms with Crippen LogP contribution < -0.4 is 14.2 Å². The summed E-state index contributed by atoms with van der Waals surface area (Å²) in [5.74, 6) is 3.37. The van der Waals surface area contributed by atoms with Gasteiger partial charge in [-0.1, -0.05) is 29.8 Å². The number of nitrogens with zero attached hydrogens (tertiary/aromatic N) is 2. The van der Waals surface area contributed by atoms with Gasteiger partial charge >= 0.3 is 6.09 Å². The number of ether oxygens (including phenoxy) is 3. The Kier molecular flexibility index (Phi) is 9.90. The molecule has 8 heteroatoms. The van der Waals surface area contributed by atoms with E-state index in [0.717, 1.165) is 28.3 Å². The minimum absolute atomic E-state index is 0. The van der Waals surface area contributed by atoms with Gasteiger partial charge in [0, 0.05) is 25.1 Å². The Hall–Kier alpha value is -4.30. The van der Waals surface area contributed by atoms with Crippen LogP contribution in [0.2, 0.25) is 0 Å². The van der Waals surface area contributed by atoms with E-state index in [1.165, 1.54) is 5.56 Å². The highest BCUT2D eigenvalue weighted by molar-refractivity contribution is 5.70. The van der Waals surface area contributed by atoms with Crippen molar-refractivity contribution in [3.05, 3.63) is 95.4 Å². The van der Waals surface area contributed by atoms with Crippen LogP contribution in [0.1, 0.15) is 29.5 Å². The molecule has 0 atom stereocenters. The third-order valence-electron chi connectivity index (χ3n) is 6.00. The Morgan fingerprint density at radius 1 is 0.895 bits per heavy atom. The fourth-order valence-corrected chi connectivity index (χ4v) is 3.77. The fourth-order valence-electron chi connectivity index (χ4n) is 3.77. The standard InChI is InChI=1S/C30H32N2O5.H2O/c1-5-32(30(33)37-27-16-14-25(34-4)15-17-27)20-23-8-12-26(13-9-23)35-19-18-28-22(3)36-29(31-28)24-10-6-21(2)7-11-24;/h6-17H,5,18-20H2,1-4H3;1H2. The monoisotopic (exact) mass is 518 g/mol. The molecule has 2 N–H and O–H groups in total. The highest BCUT2D eigenvalue weighted by Gasteiger charge is 2.15. The van der Waals surface area contributed by atoms with E-state index in [9.17, 15) is 4.79 Å². The third kappa shape index (κ3) is 7.36. The molecule has 4 rings (SSSR count). The number of hydrogen-bond acceptors (Lipinski definition) is 6. The number of oxazole rings is 1. The summed E-state index contributed by atoms with van der Waals surface area (Å²) in [5, 5.41) is 0. The van der Waals surface area contributed by atoms with Crippen LogP contribution in [0.3, 0.4) is 0 Å². The average Bonchev–Trinajstić information content (AvgIpc) is 3.29. The average molecular weight is 519 g/mol. The summed E-state index contributed by atoms with van der Waals surface area (Å²) in [7, 11) is 1.59. The number of hydrogen-bond donors (Lipinski definition) is 0. The van der Waals surface area contributed by atoms with Crippen LogP contribution >= 0.6 is 0 Å². The van der Waals surface area contributed by atoms with E-state index in [1.54, 1.807) is 36.3 Å². The highest BCUT2D eigenvalue weighted by atomic mass is 16.6. The highest BCUT2D eigenvalue weighted by Crippen LogP contribution is 2.23. The van der Waals surface area contributed by atoms with Gasteiger partial charge < -0.3 is 29.0 Å². The van der Waals surface area contributed by atoms with Crippen molar-refractivity contribution in [2.24, 2.45) is 0 Å². The van der Waals surface area contributed by atoms with E-state index in [-0.39, 0.29) is 5.48 Å². The topological polar surface area (TPSA) is 106 Å². The van der Waals surface area contributed by atoms with Crippen LogP contribution in [0.4, 0.5) is 4.79 Å². The van der Waals surface area contributed by atoms with E-state index >= 15 is 0 Å². The molecular formula is C30H34N2O6. The number of rotatable bonds is 10. The molecule has 8 nitrogen and oxygen atoms in total. The molecule has 1 amide bonds. The molecule has 0 aliphatic heterocycles. The van der Waals surface area contributed by atoms with Crippen LogP contribution in [0.5, 0.6) is 17.2 Å². The first-order chi connectivity index (χ1) is 17.9. The van der Waals surface area contributed by atoms with Crippen LogP contribution in [0, 0.1) is 13.8 Å². The Morgan fingerprint density at radius 2 is 1.53 bits per heavy atom. The maximum absolute atomic E-state index is 12.6. The van der Waals surface area contributed by atoms with Gasteiger partial charge in [-0.2, -0.15) is 0 Å². The first-order valence-electron chi connectivity index (χ1n) is 12.3. The number of amides is 1. The predicted molar refractivity (Wildman–Crippen MR) is 146 cm³/mol. The van der Waals surface area contributed by atoms with Crippen molar-refractivity contribution in [2.45, 2.75) is 33.7 Å². The zero-order valence-electron chi connectivity index (χ0n) is 22.2. The fraction of sp³-hybridized carbons (Fsp3) is 0.267. The second-order valence-corrected chi connectivity index (χ2v) is 8.69. The maximum Gasteiger partial charge on any atom is 0.415 e. The third-order valence-corrected chi connectivity index (χ3v) is 6.00. The van der Waals surface area contributed by atoms with Gasteiger partial charge in [-0.15, -0.1) is 0 Å². The van der Waals surface area contributed by atoms with Crippen molar-refractivity contribution >= 4 is 6.09 Å². The van der Waals surface area contributed by atoms with Crippen molar-refractivity contribution in [1.82, 2.24) is 9.88 Å². The van der Waals surface area contributed by atoms with Crippen molar-refractivity contribution in [1.29, 1.82) is 0 Å². The molecule has 4 aromatic rings. The van der Waals surface area contributed by atoms with Crippen molar-refractivity contribution in [3.8, 4) is 28.7 Å². The summed E-state index contributed by atoms with van der Waals surface area (Å²) < 4.78 is 22.4. The Labute approximate surface area is 223 Å². The lowest BCUT2D eigenvalue weighted by Crippen LogP contribution is -2.32. The summed E-state index contributed by atoms with van der Waals surface area (Å²) >= 11 is 0. The lowest BCUT2D eigenvalue weighted by Gasteiger charge is -2.20. The number of benzene rings is 3. The van der Waals surface area contributed by atoms with Crippen molar-refractivity contribution < 1.29 is 28.9 Å². The zero-order chi connectivity index (χ0) is 26.2. The normalized spacial score (nSPS) is 10.4. The molecule has 1 heterocycles. The number of methoxy groups -OCH3 is 1. The molecule has 0 saturated carbocycles. The molecule has 200 valence electrons. The van der Waals surface area contributed by atoms with E-state index in [1.807, 2.05) is 62.4 Å². The van der Waals surface area contributed by atoms with Gasteiger partial charge in [0.05, 0.1) is 19.4 Å². The van der Waals surface area contributed by atoms with Gasteiger partial charge in [-0.25, -0.2) is 9.78 Å². The molecule has 0 radical (unpaired) electrons. The van der Waals surface area contributed by atoms with Crippen LogP contribution in [-0.2, 0) is 13.0 Å². The van der Waals surface area contributed by atoms with Crippen LogP contribution in [0.25, 0.3) is 11.5 Å². The van der Waals surface area contributed by atoms with Gasteiger partial charge in [-0.3, -0.25) is 0 Å². The number of aromatic nitrogens is 1. The summed E-state index contributed by atoms with van der Waals surface area (Å²) in [6.07, 6.45) is 0.241. The largest absolute Gasteiger partial charge is 0.497 e. The number of aryl methyl sites for hydroxylation is 2. The molecular weight excluding hydrogens is 484 g/mol. The molecule has 0 aliphatic carbocycles. The molecule has 38 heavy (non-hydrogen) atoms. The van der Waals surface area contributed by atoms with Crippen LogP contribution in [-0.4, -0.2) is 41.7 Å². The molecule has 1 aromatic heterocycles. The lowest BCUT2D eigenvalue weighted by atomic mass is 10.1. The first-order valence-corrected chi connectivity index (χ1v) is 12.3. The summed E-state index contributed by atoms with van der Waals surface area (Å²) in [4.78, 5) is 18.9. The first kappa shape index (κ1) is 28.3. The van der Waals surface area contributed by atoms with Crippen molar-refractivity contribution in [2.75, 3.05) is 20.3 Å². The van der Waals surface area contributed by atoms with Crippen LogP contribution in [0.15, 0.2) is 77.2 Å². The number of carbonyl (C=O) groups is 1. The van der Waals surface area contributed by atoms with Gasteiger partial charge in [0.15, 0.2) is 0 Å². The maximum atomic E-state index is 12.6. The minimum atomic E-state index is -0.402. The zero-order valence-corrected chi connectivity index (χ0v) is 22.2. The Balaban J connectivity index is 0.00000400. The molecule has 0 bridgehead atoms. The second kappa shape index (κ2) is 13.3. The smallest absolute Gasteiger partial charge is 0.415 e. The SMILES string of the molecule is CCN(Cc1ccc(OCCc2nc(-c3ccc(C)cc3)oc2C)cc1)C(=O)Oc1ccc(OC)cc1.O. The molecule has 0 unspecified atom stereocenters. The van der Waals surface area contributed by atoms with Gasteiger partial charge in [0.2, 0.25) is 5.89 Å². The van der Waals surface area contributed by atoms with E-state index in [4.69, 9.17) is 18.6 Å². The molecule has 3 aromatic carbocycles. The number of carbonyl (C=O) groups excluding carboxylic acids is 1. The van der Waals surface area contributed by atoms with Gasteiger partial charge in [0.1, 0.15) is 23.0 Å². The quantitative estimate of drug-likeness (QED) is 0.263. The summed E-state index contributed by atoms with van der Waals surface area (Å²) in [6, 6.07) is 22.8. The van der Waals surface area contributed by atoms with E-state index < -0.39 is 6.09 Å². The summed E-state index contributed by atoms with van der Waals surface area (Å²) in [6.45, 7) is 7.34. The summed E-state index contributed by atoms with van der Waals surface area (Å²) in [5.41, 5.74) is 4.03. The van der Waals surface area contributed by atoms with Crippen molar-refractivity contribution in [3.63, 3.8) is 0 Å². The Morgan fingerprint density at radius 3 is 2.16 bits per heavy atom. The minimum Gasteiger partial charge on any atom is -0.497 e. The van der Waals surface area contributed by atoms with Gasteiger partial charge in [0.25, 0.3) is 0 Å². The van der Waals surface area contributed by atoms with E-state index in [0.29, 0.717) is 43.5 Å². The lowest BCUT2D eigenvalue weighted by molar-refractivity contribution is 0.152. The predicted octanol–water partition coefficient (Wildman–Crippen LogP) is 5.78. The molecule has 0 aliphatic rings.